The Morgan fingerprint density at radius 1 is 0.889 bits per heavy atom. The van der Waals surface area contributed by atoms with E-state index in [1.54, 1.807) is 19.4 Å². The maximum atomic E-state index is 12.6. The first-order valence-electron chi connectivity index (χ1n) is 8.57. The van der Waals surface area contributed by atoms with Crippen molar-refractivity contribution in [2.45, 2.75) is 12.1 Å². The molecular formula is C20H22N2O5. The van der Waals surface area contributed by atoms with Crippen molar-refractivity contribution in [3.05, 3.63) is 59.9 Å². The van der Waals surface area contributed by atoms with Gasteiger partial charge in [-0.3, -0.25) is 14.6 Å². The van der Waals surface area contributed by atoms with Crippen LogP contribution >= 0.6 is 0 Å². The SMILES string of the molecule is COC(=O)[C@H]1[C@H](C(=O)OC)[C@H](c2ccccn2)N[C@@H]1c1ccc(OC)cc1. The van der Waals surface area contributed by atoms with E-state index in [0.717, 1.165) is 5.56 Å². The molecule has 1 saturated heterocycles. The lowest BCUT2D eigenvalue weighted by molar-refractivity contribution is -0.157. The summed E-state index contributed by atoms with van der Waals surface area (Å²) in [5.41, 5.74) is 1.51. The Morgan fingerprint density at radius 3 is 2.04 bits per heavy atom. The molecule has 3 rings (SSSR count). The van der Waals surface area contributed by atoms with E-state index in [2.05, 4.69) is 10.3 Å². The molecule has 0 amide bonds. The molecule has 7 heteroatoms. The molecule has 2 heterocycles. The summed E-state index contributed by atoms with van der Waals surface area (Å²) in [6.07, 6.45) is 1.65. The van der Waals surface area contributed by atoms with Gasteiger partial charge in [0.25, 0.3) is 0 Å². The van der Waals surface area contributed by atoms with E-state index < -0.39 is 35.9 Å². The lowest BCUT2D eigenvalue weighted by atomic mass is 9.83. The number of esters is 2. The van der Waals surface area contributed by atoms with E-state index >= 15 is 0 Å². The Bertz CT molecular complexity index is 794. The number of methoxy groups -OCH3 is 3. The number of benzene rings is 1. The van der Waals surface area contributed by atoms with Gasteiger partial charge in [0.2, 0.25) is 0 Å². The largest absolute Gasteiger partial charge is 0.497 e. The predicted molar refractivity (Wildman–Crippen MR) is 96.9 cm³/mol. The Balaban J connectivity index is 2.05. The maximum Gasteiger partial charge on any atom is 0.311 e. The van der Waals surface area contributed by atoms with E-state index in [0.29, 0.717) is 11.4 Å². The Kier molecular flexibility index (Phi) is 5.71. The number of pyridine rings is 1. The predicted octanol–water partition coefficient (Wildman–Crippen LogP) is 2.05. The van der Waals surface area contributed by atoms with Gasteiger partial charge in [-0.05, 0) is 29.8 Å². The molecule has 0 radical (unpaired) electrons. The van der Waals surface area contributed by atoms with E-state index in [1.165, 1.54) is 14.2 Å². The molecule has 1 aromatic heterocycles. The smallest absolute Gasteiger partial charge is 0.311 e. The molecule has 142 valence electrons. The number of ether oxygens (including phenoxy) is 3. The van der Waals surface area contributed by atoms with Crippen molar-refractivity contribution in [1.82, 2.24) is 10.3 Å². The summed E-state index contributed by atoms with van der Waals surface area (Å²) in [6.45, 7) is 0. The molecule has 0 bridgehead atoms. The van der Waals surface area contributed by atoms with E-state index in [9.17, 15) is 9.59 Å². The van der Waals surface area contributed by atoms with E-state index in [4.69, 9.17) is 14.2 Å². The molecule has 27 heavy (non-hydrogen) atoms. The number of aromatic nitrogens is 1. The number of carbonyl (C=O) groups excluding carboxylic acids is 2. The highest BCUT2D eigenvalue weighted by atomic mass is 16.5. The maximum absolute atomic E-state index is 12.6. The third kappa shape index (κ3) is 3.64. The van der Waals surface area contributed by atoms with Crippen LogP contribution in [0.15, 0.2) is 48.7 Å². The van der Waals surface area contributed by atoms with Crippen LogP contribution in [-0.4, -0.2) is 38.3 Å². The summed E-state index contributed by atoms with van der Waals surface area (Å²) in [6, 6.07) is 11.9. The summed E-state index contributed by atoms with van der Waals surface area (Å²) in [7, 11) is 4.22. The van der Waals surface area contributed by atoms with Gasteiger partial charge in [-0.25, -0.2) is 0 Å². The zero-order valence-corrected chi connectivity index (χ0v) is 15.4. The van der Waals surface area contributed by atoms with E-state index in [1.807, 2.05) is 36.4 Å². The van der Waals surface area contributed by atoms with Crippen LogP contribution < -0.4 is 10.1 Å². The highest BCUT2D eigenvalue weighted by Gasteiger charge is 2.53. The topological polar surface area (TPSA) is 86.8 Å². The van der Waals surface area contributed by atoms with Crippen molar-refractivity contribution in [2.24, 2.45) is 11.8 Å². The van der Waals surface area contributed by atoms with Crippen molar-refractivity contribution in [3.63, 3.8) is 0 Å². The van der Waals surface area contributed by atoms with Gasteiger partial charge in [0, 0.05) is 12.2 Å². The van der Waals surface area contributed by atoms with Gasteiger partial charge in [0.05, 0.1) is 44.9 Å². The fourth-order valence-electron chi connectivity index (χ4n) is 3.60. The second kappa shape index (κ2) is 8.18. The number of nitrogens with one attached hydrogen (secondary N) is 1. The monoisotopic (exact) mass is 370 g/mol. The summed E-state index contributed by atoms with van der Waals surface area (Å²) in [4.78, 5) is 29.6. The van der Waals surface area contributed by atoms with Crippen LogP contribution in [0.5, 0.6) is 5.75 Å². The van der Waals surface area contributed by atoms with Crippen molar-refractivity contribution >= 4 is 11.9 Å². The number of hydrogen-bond donors (Lipinski definition) is 1. The van der Waals surface area contributed by atoms with Crippen LogP contribution in [0.1, 0.15) is 23.3 Å². The van der Waals surface area contributed by atoms with Gasteiger partial charge >= 0.3 is 11.9 Å². The highest BCUT2D eigenvalue weighted by molar-refractivity contribution is 5.84. The minimum Gasteiger partial charge on any atom is -0.497 e. The van der Waals surface area contributed by atoms with Crippen molar-refractivity contribution in [1.29, 1.82) is 0 Å². The molecule has 1 N–H and O–H groups in total. The first-order valence-corrected chi connectivity index (χ1v) is 8.57. The molecule has 2 aromatic rings. The fourth-order valence-corrected chi connectivity index (χ4v) is 3.60. The Morgan fingerprint density at radius 2 is 1.52 bits per heavy atom. The fraction of sp³-hybridized carbons (Fsp3) is 0.350. The van der Waals surface area contributed by atoms with Gasteiger partial charge in [-0.2, -0.15) is 0 Å². The molecule has 4 atom stereocenters. The first-order chi connectivity index (χ1) is 13.1. The Labute approximate surface area is 157 Å². The second-order valence-electron chi connectivity index (χ2n) is 6.25. The standard InChI is InChI=1S/C20H22N2O5/c1-25-13-9-7-12(8-10-13)17-15(19(23)26-2)16(20(24)27-3)18(22-17)14-6-4-5-11-21-14/h4-11,15-18,22H,1-3H3/t15-,16-,17+,18-/m0/s1. The lowest BCUT2D eigenvalue weighted by Crippen LogP contribution is -2.32. The average Bonchev–Trinajstić information content (AvgIpc) is 3.14. The van der Waals surface area contributed by atoms with Crippen molar-refractivity contribution in [3.8, 4) is 5.75 Å². The van der Waals surface area contributed by atoms with Crippen LogP contribution in [0.25, 0.3) is 0 Å². The molecule has 7 nitrogen and oxygen atoms in total. The van der Waals surface area contributed by atoms with Gasteiger partial charge in [0.1, 0.15) is 5.75 Å². The molecule has 0 aliphatic carbocycles. The summed E-state index contributed by atoms with van der Waals surface area (Å²) in [5, 5.41) is 3.39. The number of rotatable bonds is 5. The Hall–Kier alpha value is -2.93. The average molecular weight is 370 g/mol. The minimum absolute atomic E-state index is 0.431. The van der Waals surface area contributed by atoms with Crippen LogP contribution in [0.2, 0.25) is 0 Å². The van der Waals surface area contributed by atoms with Crippen LogP contribution in [-0.2, 0) is 19.1 Å². The van der Waals surface area contributed by atoms with Crippen LogP contribution in [0.3, 0.4) is 0 Å². The number of nitrogens with zero attached hydrogens (tertiary/aromatic N) is 1. The second-order valence-corrected chi connectivity index (χ2v) is 6.25. The molecule has 1 aromatic carbocycles. The van der Waals surface area contributed by atoms with Crippen LogP contribution in [0, 0.1) is 11.8 Å². The first kappa shape index (κ1) is 18.8. The lowest BCUT2D eigenvalue weighted by Gasteiger charge is -2.21. The number of carbonyl (C=O) groups is 2. The van der Waals surface area contributed by atoms with Crippen molar-refractivity contribution in [2.75, 3.05) is 21.3 Å². The number of hydrogen-bond acceptors (Lipinski definition) is 7. The third-order valence-electron chi connectivity index (χ3n) is 4.89. The molecule has 0 spiro atoms. The van der Waals surface area contributed by atoms with Crippen molar-refractivity contribution < 1.29 is 23.8 Å². The normalized spacial score (nSPS) is 24.3. The minimum atomic E-state index is -0.760. The highest BCUT2D eigenvalue weighted by Crippen LogP contribution is 2.45. The third-order valence-corrected chi connectivity index (χ3v) is 4.89. The molecule has 0 saturated carbocycles. The van der Waals surface area contributed by atoms with Gasteiger partial charge in [0.15, 0.2) is 0 Å². The quantitative estimate of drug-likeness (QED) is 0.806. The van der Waals surface area contributed by atoms with E-state index in [-0.39, 0.29) is 0 Å². The van der Waals surface area contributed by atoms with Gasteiger partial charge in [-0.15, -0.1) is 0 Å². The van der Waals surface area contributed by atoms with Gasteiger partial charge < -0.3 is 19.5 Å². The summed E-state index contributed by atoms with van der Waals surface area (Å²) in [5.74, 6) is -1.76. The molecule has 1 aliphatic heterocycles. The molecular weight excluding hydrogens is 348 g/mol. The van der Waals surface area contributed by atoms with Crippen LogP contribution in [0.4, 0.5) is 0 Å². The zero-order valence-electron chi connectivity index (χ0n) is 15.4. The molecule has 0 unspecified atom stereocenters. The molecule has 1 fully saturated rings. The molecule has 1 aliphatic rings. The zero-order chi connectivity index (χ0) is 19.4. The summed E-state index contributed by atoms with van der Waals surface area (Å²) < 4.78 is 15.2. The van der Waals surface area contributed by atoms with Gasteiger partial charge in [-0.1, -0.05) is 18.2 Å². The summed E-state index contributed by atoms with van der Waals surface area (Å²) >= 11 is 0.